The Morgan fingerprint density at radius 1 is 1.25 bits per heavy atom. The van der Waals surface area contributed by atoms with Crippen LogP contribution < -0.4 is 4.74 Å². The van der Waals surface area contributed by atoms with Gasteiger partial charge in [-0.05, 0) is 43.6 Å². The van der Waals surface area contributed by atoms with E-state index in [2.05, 4.69) is 6.07 Å². The van der Waals surface area contributed by atoms with Crippen LogP contribution in [0, 0.1) is 17.2 Å². The van der Waals surface area contributed by atoms with E-state index in [-0.39, 0.29) is 19.4 Å². The monoisotopic (exact) mass is 342 g/mol. The van der Waals surface area contributed by atoms with Crippen molar-refractivity contribution in [2.45, 2.75) is 31.5 Å². The molecule has 0 saturated carbocycles. The van der Waals surface area contributed by atoms with Gasteiger partial charge in [0.1, 0.15) is 18.5 Å². The summed E-state index contributed by atoms with van der Waals surface area (Å²) in [5.74, 6) is -0.638. The van der Waals surface area contributed by atoms with Crippen molar-refractivity contribution in [1.82, 2.24) is 4.90 Å². The highest BCUT2D eigenvalue weighted by atomic mass is 19.4. The van der Waals surface area contributed by atoms with Crippen LogP contribution in [0.2, 0.25) is 0 Å². The molecule has 1 aliphatic heterocycles. The second-order valence-corrected chi connectivity index (χ2v) is 6.06. The van der Waals surface area contributed by atoms with Gasteiger partial charge >= 0.3 is 6.18 Å². The molecule has 1 saturated heterocycles. The molecule has 4 nitrogen and oxygen atoms in total. The quantitative estimate of drug-likeness (QED) is 0.864. The number of piperidine rings is 1. The standard InChI is InChI=1S/C17H21F3N2O2/c18-17(19,20)14-6-9-22(10-7-14)11-15(23)12-24-16-3-1-13(2-4-16)5-8-21/h1-4,14-15,23H,5-7,9-12H2/t15-/m0/s1. The highest BCUT2D eigenvalue weighted by molar-refractivity contribution is 5.28. The lowest BCUT2D eigenvalue weighted by Crippen LogP contribution is -2.43. The summed E-state index contributed by atoms with van der Waals surface area (Å²) in [5, 5.41) is 18.6. The first-order chi connectivity index (χ1) is 11.4. The van der Waals surface area contributed by atoms with Crippen molar-refractivity contribution in [3.63, 3.8) is 0 Å². The fourth-order valence-corrected chi connectivity index (χ4v) is 2.78. The van der Waals surface area contributed by atoms with E-state index in [1.165, 1.54) is 0 Å². The molecule has 132 valence electrons. The number of nitriles is 1. The van der Waals surface area contributed by atoms with Crippen LogP contribution >= 0.6 is 0 Å². The molecule has 1 N–H and O–H groups in total. The molecule has 0 spiro atoms. The third kappa shape index (κ3) is 5.69. The Morgan fingerprint density at radius 3 is 2.42 bits per heavy atom. The Kier molecular flexibility index (Phi) is 6.46. The molecule has 0 aliphatic carbocycles. The van der Waals surface area contributed by atoms with Gasteiger partial charge < -0.3 is 14.7 Å². The molecule has 2 rings (SSSR count). The zero-order valence-corrected chi connectivity index (χ0v) is 13.3. The Labute approximate surface area is 139 Å². The number of benzene rings is 1. The summed E-state index contributed by atoms with van der Waals surface area (Å²) < 4.78 is 43.3. The molecule has 24 heavy (non-hydrogen) atoms. The number of aliphatic hydroxyl groups excluding tert-OH is 1. The minimum Gasteiger partial charge on any atom is -0.491 e. The van der Waals surface area contributed by atoms with Crippen molar-refractivity contribution < 1.29 is 23.0 Å². The number of rotatable bonds is 6. The summed E-state index contributed by atoms with van der Waals surface area (Å²) in [6.45, 7) is 1.06. The SMILES string of the molecule is N#CCc1ccc(OC[C@@H](O)CN2CCC(C(F)(F)F)CC2)cc1. The number of hydrogen-bond donors (Lipinski definition) is 1. The number of halogens is 3. The third-order valence-electron chi connectivity index (χ3n) is 4.17. The summed E-state index contributed by atoms with van der Waals surface area (Å²) >= 11 is 0. The molecule has 1 fully saturated rings. The molecule has 7 heteroatoms. The minimum absolute atomic E-state index is 0.0802. The predicted molar refractivity (Wildman–Crippen MR) is 82.5 cm³/mol. The summed E-state index contributed by atoms with van der Waals surface area (Å²) in [6.07, 6.45) is -4.39. The van der Waals surface area contributed by atoms with E-state index >= 15 is 0 Å². The first-order valence-electron chi connectivity index (χ1n) is 7.94. The van der Waals surface area contributed by atoms with E-state index in [9.17, 15) is 18.3 Å². The highest BCUT2D eigenvalue weighted by Gasteiger charge is 2.41. The molecule has 0 unspecified atom stereocenters. The summed E-state index contributed by atoms with van der Waals surface area (Å²) in [4.78, 5) is 1.84. The first-order valence-corrected chi connectivity index (χ1v) is 7.94. The van der Waals surface area contributed by atoms with Crippen LogP contribution in [-0.2, 0) is 6.42 Å². The fourth-order valence-electron chi connectivity index (χ4n) is 2.78. The first kappa shape index (κ1) is 18.6. The summed E-state index contributed by atoms with van der Waals surface area (Å²) in [6, 6.07) is 9.08. The molecule has 1 aliphatic rings. The number of likely N-dealkylation sites (tertiary alicyclic amines) is 1. The zero-order chi connectivity index (χ0) is 17.6. The zero-order valence-electron chi connectivity index (χ0n) is 13.3. The maximum atomic E-state index is 12.6. The molecular formula is C17H21F3N2O2. The van der Waals surface area contributed by atoms with Gasteiger partial charge in [-0.2, -0.15) is 18.4 Å². The minimum atomic E-state index is -4.12. The van der Waals surface area contributed by atoms with Crippen molar-refractivity contribution in [2.24, 2.45) is 5.92 Å². The molecule has 1 heterocycles. The Morgan fingerprint density at radius 2 is 1.88 bits per heavy atom. The second kappa shape index (κ2) is 8.36. The molecule has 0 amide bonds. The van der Waals surface area contributed by atoms with Crippen molar-refractivity contribution >= 4 is 0 Å². The van der Waals surface area contributed by atoms with E-state index < -0.39 is 18.2 Å². The topological polar surface area (TPSA) is 56.5 Å². The number of alkyl halides is 3. The van der Waals surface area contributed by atoms with Crippen LogP contribution in [0.3, 0.4) is 0 Å². The maximum absolute atomic E-state index is 12.6. The number of aliphatic hydroxyl groups is 1. The van der Waals surface area contributed by atoms with Gasteiger partial charge in [0.05, 0.1) is 18.4 Å². The van der Waals surface area contributed by atoms with E-state index in [4.69, 9.17) is 10.00 Å². The van der Waals surface area contributed by atoms with Crippen LogP contribution in [0.4, 0.5) is 13.2 Å². The van der Waals surface area contributed by atoms with Gasteiger partial charge in [0.2, 0.25) is 0 Å². The molecule has 1 atom stereocenters. The molecule has 1 aromatic carbocycles. The van der Waals surface area contributed by atoms with Gasteiger partial charge in [-0.1, -0.05) is 12.1 Å². The van der Waals surface area contributed by atoms with Gasteiger partial charge in [-0.15, -0.1) is 0 Å². The average molecular weight is 342 g/mol. The lowest BCUT2D eigenvalue weighted by atomic mass is 9.96. The van der Waals surface area contributed by atoms with Crippen LogP contribution in [0.5, 0.6) is 5.75 Å². The van der Waals surface area contributed by atoms with Crippen molar-refractivity contribution in [1.29, 1.82) is 5.26 Å². The third-order valence-corrected chi connectivity index (χ3v) is 4.17. The molecule has 0 bridgehead atoms. The Hall–Kier alpha value is -1.78. The van der Waals surface area contributed by atoms with Crippen LogP contribution in [0.15, 0.2) is 24.3 Å². The number of nitrogens with zero attached hydrogens (tertiary/aromatic N) is 2. The van der Waals surface area contributed by atoms with Crippen molar-refractivity contribution in [3.05, 3.63) is 29.8 Å². The second-order valence-electron chi connectivity index (χ2n) is 6.06. The maximum Gasteiger partial charge on any atom is 0.391 e. The largest absolute Gasteiger partial charge is 0.491 e. The highest BCUT2D eigenvalue weighted by Crippen LogP contribution is 2.34. The molecule has 1 aromatic rings. The van der Waals surface area contributed by atoms with Gasteiger partial charge in [-0.25, -0.2) is 0 Å². The summed E-state index contributed by atoms with van der Waals surface area (Å²) in [5.41, 5.74) is 0.887. The van der Waals surface area contributed by atoms with Gasteiger partial charge in [-0.3, -0.25) is 0 Å². The van der Waals surface area contributed by atoms with E-state index in [0.29, 0.717) is 31.8 Å². The normalized spacial score (nSPS) is 18.1. The van der Waals surface area contributed by atoms with Crippen LogP contribution in [0.1, 0.15) is 18.4 Å². The molecule has 0 radical (unpaired) electrons. The number of hydrogen-bond acceptors (Lipinski definition) is 4. The predicted octanol–water partition coefficient (Wildman–Crippen LogP) is 2.77. The van der Waals surface area contributed by atoms with Crippen LogP contribution in [0.25, 0.3) is 0 Å². The number of ether oxygens (including phenoxy) is 1. The fraction of sp³-hybridized carbons (Fsp3) is 0.588. The van der Waals surface area contributed by atoms with E-state index in [1.807, 2.05) is 4.90 Å². The Bertz CT molecular complexity index is 546. The van der Waals surface area contributed by atoms with E-state index in [0.717, 1.165) is 5.56 Å². The average Bonchev–Trinajstić information content (AvgIpc) is 2.54. The van der Waals surface area contributed by atoms with Gasteiger partial charge in [0.15, 0.2) is 0 Å². The van der Waals surface area contributed by atoms with Crippen molar-refractivity contribution in [3.8, 4) is 11.8 Å². The lowest BCUT2D eigenvalue weighted by Gasteiger charge is -2.33. The van der Waals surface area contributed by atoms with Gasteiger partial charge in [0, 0.05) is 6.54 Å². The molecular weight excluding hydrogens is 321 g/mol. The smallest absolute Gasteiger partial charge is 0.391 e. The molecule has 0 aromatic heterocycles. The van der Waals surface area contributed by atoms with Gasteiger partial charge in [0.25, 0.3) is 0 Å². The number of β-amino-alcohol motifs (C(OH)–C–C–N with tert-alkyl or cyclic N) is 1. The van der Waals surface area contributed by atoms with Crippen LogP contribution in [-0.4, -0.2) is 48.5 Å². The summed E-state index contributed by atoms with van der Waals surface area (Å²) in [7, 11) is 0. The van der Waals surface area contributed by atoms with Crippen molar-refractivity contribution in [2.75, 3.05) is 26.2 Å². The lowest BCUT2D eigenvalue weighted by molar-refractivity contribution is -0.185. The Balaban J connectivity index is 1.70. The van der Waals surface area contributed by atoms with E-state index in [1.54, 1.807) is 24.3 Å².